The van der Waals surface area contributed by atoms with E-state index in [1.54, 1.807) is 18.2 Å². The van der Waals surface area contributed by atoms with Crippen LogP contribution in [0.2, 0.25) is 5.02 Å². The van der Waals surface area contributed by atoms with E-state index in [1.165, 1.54) is 19.2 Å². The van der Waals surface area contributed by atoms with Gasteiger partial charge in [-0.3, -0.25) is 0 Å². The number of aryl methyl sites for hydroxylation is 1. The van der Waals surface area contributed by atoms with Gasteiger partial charge in [-0.05, 0) is 48.9 Å². The van der Waals surface area contributed by atoms with E-state index in [0.29, 0.717) is 35.5 Å². The first-order valence-corrected chi connectivity index (χ1v) is 7.32. The summed E-state index contributed by atoms with van der Waals surface area (Å²) >= 11 is 5.95. The van der Waals surface area contributed by atoms with Crippen LogP contribution in [0.15, 0.2) is 36.4 Å². The number of aromatic carboxylic acids is 1. The van der Waals surface area contributed by atoms with E-state index in [2.05, 4.69) is 0 Å². The molecule has 0 unspecified atom stereocenters. The summed E-state index contributed by atoms with van der Waals surface area (Å²) in [5.74, 6) is 0.528. The van der Waals surface area contributed by atoms with Crippen molar-refractivity contribution in [2.24, 2.45) is 0 Å². The van der Waals surface area contributed by atoms with Gasteiger partial charge in [0.25, 0.3) is 0 Å². The number of carbonyl (C=O) groups is 1. The molecule has 0 aliphatic heterocycles. The Bertz CT molecular complexity index is 699. The lowest BCUT2D eigenvalue weighted by molar-refractivity contribution is 0.0696. The summed E-state index contributed by atoms with van der Waals surface area (Å²) in [6.07, 6.45) is 0. The van der Waals surface area contributed by atoms with Gasteiger partial charge in [0.2, 0.25) is 0 Å². The maximum atomic E-state index is 10.9. The molecule has 2 aromatic carbocycles. The van der Waals surface area contributed by atoms with E-state index in [9.17, 15) is 4.79 Å². The Kier molecular flexibility index (Phi) is 5.71. The maximum Gasteiger partial charge on any atom is 0.335 e. The zero-order chi connectivity index (χ0) is 16.8. The quantitative estimate of drug-likeness (QED) is 0.779. The van der Waals surface area contributed by atoms with E-state index >= 15 is 0 Å². The number of benzene rings is 2. The highest BCUT2D eigenvalue weighted by molar-refractivity contribution is 6.31. The minimum Gasteiger partial charge on any atom is -0.493 e. The molecule has 0 spiro atoms. The van der Waals surface area contributed by atoms with E-state index < -0.39 is 5.97 Å². The standard InChI is InChI=1S/C17H17ClO5/c1-11-9-13(4-5-14(11)18)22-7-8-23-15-6-3-12(17(19)20)10-16(15)21-2/h3-6,9-10H,7-8H2,1-2H3,(H,19,20). The van der Waals surface area contributed by atoms with Gasteiger partial charge in [-0.2, -0.15) is 0 Å². The van der Waals surface area contributed by atoms with Gasteiger partial charge in [0.05, 0.1) is 12.7 Å². The van der Waals surface area contributed by atoms with Gasteiger partial charge in [-0.15, -0.1) is 0 Å². The number of ether oxygens (including phenoxy) is 3. The summed E-state index contributed by atoms with van der Waals surface area (Å²) < 4.78 is 16.3. The Morgan fingerprint density at radius 1 is 1.09 bits per heavy atom. The van der Waals surface area contributed by atoms with Crippen LogP contribution in [0.4, 0.5) is 0 Å². The molecule has 0 fully saturated rings. The predicted octanol–water partition coefficient (Wildman–Crippen LogP) is 3.81. The lowest BCUT2D eigenvalue weighted by Gasteiger charge is -2.12. The van der Waals surface area contributed by atoms with Crippen LogP contribution in [0.5, 0.6) is 17.2 Å². The Morgan fingerprint density at radius 3 is 2.48 bits per heavy atom. The first-order valence-electron chi connectivity index (χ1n) is 6.94. The lowest BCUT2D eigenvalue weighted by Crippen LogP contribution is -2.10. The van der Waals surface area contributed by atoms with Crippen molar-refractivity contribution in [3.8, 4) is 17.2 Å². The Hall–Kier alpha value is -2.40. The SMILES string of the molecule is COc1cc(C(=O)O)ccc1OCCOc1ccc(Cl)c(C)c1. The molecular weight excluding hydrogens is 320 g/mol. The van der Waals surface area contributed by atoms with E-state index in [1.807, 2.05) is 13.0 Å². The van der Waals surface area contributed by atoms with Gasteiger partial charge in [0.15, 0.2) is 11.5 Å². The van der Waals surface area contributed by atoms with Crippen LogP contribution in [0.3, 0.4) is 0 Å². The molecule has 0 saturated carbocycles. The Labute approximate surface area is 139 Å². The summed E-state index contributed by atoms with van der Waals surface area (Å²) in [7, 11) is 1.46. The second kappa shape index (κ2) is 7.74. The first kappa shape index (κ1) is 17.0. The molecule has 0 aromatic heterocycles. The number of carboxylic acid groups (broad SMARTS) is 1. The van der Waals surface area contributed by atoms with Crippen LogP contribution in [0, 0.1) is 6.92 Å². The topological polar surface area (TPSA) is 65.0 Å². The predicted molar refractivity (Wildman–Crippen MR) is 87.1 cm³/mol. The third-order valence-electron chi connectivity index (χ3n) is 3.15. The van der Waals surface area contributed by atoms with Crippen molar-refractivity contribution in [3.63, 3.8) is 0 Å². The van der Waals surface area contributed by atoms with E-state index in [4.69, 9.17) is 30.9 Å². The van der Waals surface area contributed by atoms with Crippen molar-refractivity contribution in [3.05, 3.63) is 52.5 Å². The molecule has 5 nitrogen and oxygen atoms in total. The number of hydrogen-bond acceptors (Lipinski definition) is 4. The molecule has 0 aliphatic rings. The van der Waals surface area contributed by atoms with Crippen LogP contribution in [-0.4, -0.2) is 31.4 Å². The molecule has 2 aromatic rings. The van der Waals surface area contributed by atoms with Crippen molar-refractivity contribution in [2.75, 3.05) is 20.3 Å². The summed E-state index contributed by atoms with van der Waals surface area (Å²) in [5, 5.41) is 9.64. The van der Waals surface area contributed by atoms with Gasteiger partial charge < -0.3 is 19.3 Å². The molecule has 0 radical (unpaired) electrons. The molecule has 0 amide bonds. The average Bonchev–Trinajstić information content (AvgIpc) is 2.54. The Balaban J connectivity index is 1.90. The number of carboxylic acids is 1. The normalized spacial score (nSPS) is 10.2. The molecule has 1 N–H and O–H groups in total. The number of methoxy groups -OCH3 is 1. The number of halogens is 1. The van der Waals surface area contributed by atoms with Crippen LogP contribution in [0.1, 0.15) is 15.9 Å². The third kappa shape index (κ3) is 4.53. The summed E-state index contributed by atoms with van der Waals surface area (Å²) in [4.78, 5) is 10.9. The highest BCUT2D eigenvalue weighted by Crippen LogP contribution is 2.28. The van der Waals surface area contributed by atoms with Crippen LogP contribution < -0.4 is 14.2 Å². The average molecular weight is 337 g/mol. The molecule has 0 atom stereocenters. The summed E-state index contributed by atoms with van der Waals surface area (Å²) in [6.45, 7) is 2.54. The molecule has 6 heteroatoms. The van der Waals surface area contributed by atoms with Gasteiger partial charge in [0.1, 0.15) is 19.0 Å². The fraction of sp³-hybridized carbons (Fsp3) is 0.235. The van der Waals surface area contributed by atoms with Crippen LogP contribution in [-0.2, 0) is 0 Å². The molecule has 23 heavy (non-hydrogen) atoms. The molecule has 0 saturated heterocycles. The van der Waals surface area contributed by atoms with Gasteiger partial charge in [-0.1, -0.05) is 11.6 Å². The van der Waals surface area contributed by atoms with Crippen molar-refractivity contribution < 1.29 is 24.1 Å². The molecule has 0 heterocycles. The van der Waals surface area contributed by atoms with Crippen LogP contribution in [0.25, 0.3) is 0 Å². The first-order chi connectivity index (χ1) is 11.0. The van der Waals surface area contributed by atoms with Gasteiger partial charge >= 0.3 is 5.97 Å². The molecule has 2 rings (SSSR count). The minimum atomic E-state index is -1.02. The molecule has 0 aliphatic carbocycles. The summed E-state index contributed by atoms with van der Waals surface area (Å²) in [6, 6.07) is 9.86. The maximum absolute atomic E-state index is 10.9. The second-order valence-corrected chi connectivity index (χ2v) is 5.19. The fourth-order valence-electron chi connectivity index (χ4n) is 1.94. The second-order valence-electron chi connectivity index (χ2n) is 4.78. The Morgan fingerprint density at radius 2 is 1.83 bits per heavy atom. The number of rotatable bonds is 7. The summed E-state index contributed by atoms with van der Waals surface area (Å²) in [5.41, 5.74) is 1.08. The van der Waals surface area contributed by atoms with E-state index in [-0.39, 0.29) is 5.56 Å². The third-order valence-corrected chi connectivity index (χ3v) is 3.57. The molecule has 122 valence electrons. The fourth-order valence-corrected chi connectivity index (χ4v) is 2.06. The van der Waals surface area contributed by atoms with Crippen molar-refractivity contribution >= 4 is 17.6 Å². The highest BCUT2D eigenvalue weighted by atomic mass is 35.5. The van der Waals surface area contributed by atoms with Gasteiger partial charge in [-0.25, -0.2) is 4.79 Å². The monoisotopic (exact) mass is 336 g/mol. The van der Waals surface area contributed by atoms with E-state index in [0.717, 1.165) is 5.56 Å². The van der Waals surface area contributed by atoms with Crippen molar-refractivity contribution in [1.82, 2.24) is 0 Å². The van der Waals surface area contributed by atoms with Crippen molar-refractivity contribution in [1.29, 1.82) is 0 Å². The molecule has 0 bridgehead atoms. The molecular formula is C17H17ClO5. The zero-order valence-corrected chi connectivity index (χ0v) is 13.6. The van der Waals surface area contributed by atoms with Crippen LogP contribution >= 0.6 is 11.6 Å². The minimum absolute atomic E-state index is 0.141. The zero-order valence-electron chi connectivity index (χ0n) is 12.8. The van der Waals surface area contributed by atoms with Gasteiger partial charge in [0, 0.05) is 5.02 Å². The lowest BCUT2D eigenvalue weighted by atomic mass is 10.2. The highest BCUT2D eigenvalue weighted by Gasteiger charge is 2.10. The number of hydrogen-bond donors (Lipinski definition) is 1. The largest absolute Gasteiger partial charge is 0.493 e. The van der Waals surface area contributed by atoms with Crippen molar-refractivity contribution in [2.45, 2.75) is 6.92 Å². The smallest absolute Gasteiger partial charge is 0.335 e.